The van der Waals surface area contributed by atoms with Crippen molar-refractivity contribution in [2.45, 2.75) is 32.2 Å². The maximum absolute atomic E-state index is 3.53. The van der Waals surface area contributed by atoms with Crippen LogP contribution in [0.25, 0.3) is 0 Å². The van der Waals surface area contributed by atoms with Crippen LogP contribution < -0.4 is 15.1 Å². The van der Waals surface area contributed by atoms with E-state index in [1.165, 1.54) is 56.8 Å². The maximum atomic E-state index is 3.53. The molecule has 0 spiro atoms. The first kappa shape index (κ1) is 15.0. The molecule has 1 aliphatic carbocycles. The Morgan fingerprint density at radius 2 is 1.95 bits per heavy atom. The van der Waals surface area contributed by atoms with Gasteiger partial charge in [0.1, 0.15) is 0 Å². The molecule has 116 valence electrons. The van der Waals surface area contributed by atoms with E-state index < -0.39 is 0 Å². The summed E-state index contributed by atoms with van der Waals surface area (Å²) in [6.45, 7) is 8.35. The van der Waals surface area contributed by atoms with Crippen molar-refractivity contribution in [3.63, 3.8) is 0 Å². The molecule has 0 radical (unpaired) electrons. The Labute approximate surface area is 134 Å². The van der Waals surface area contributed by atoms with E-state index >= 15 is 0 Å². The number of hydrogen-bond donors (Lipinski definition) is 1. The molecule has 0 amide bonds. The van der Waals surface area contributed by atoms with Gasteiger partial charge in [0.2, 0.25) is 0 Å². The summed E-state index contributed by atoms with van der Waals surface area (Å²) < 4.78 is 0. The van der Waals surface area contributed by atoms with Crippen molar-refractivity contribution in [2.24, 2.45) is 5.41 Å². The molecule has 1 saturated carbocycles. The summed E-state index contributed by atoms with van der Waals surface area (Å²) in [5.74, 6) is 0. The number of rotatable bonds is 3. The summed E-state index contributed by atoms with van der Waals surface area (Å²) in [5, 5.41) is 3.53. The maximum Gasteiger partial charge on any atom is 0.0607 e. The van der Waals surface area contributed by atoms with Gasteiger partial charge in [-0.2, -0.15) is 0 Å². The Bertz CT molecular complexity index is 495. The highest BCUT2D eigenvalue weighted by Gasteiger charge is 2.36. The van der Waals surface area contributed by atoms with Gasteiger partial charge in [0.15, 0.2) is 0 Å². The zero-order chi connectivity index (χ0) is 13.6. The van der Waals surface area contributed by atoms with Gasteiger partial charge >= 0.3 is 0 Å². The average molecular weight is 308 g/mol. The van der Waals surface area contributed by atoms with E-state index in [4.69, 9.17) is 0 Å². The molecule has 21 heavy (non-hydrogen) atoms. The second-order valence-electron chi connectivity index (χ2n) is 7.07. The largest absolute Gasteiger partial charge is 0.367 e. The van der Waals surface area contributed by atoms with Gasteiger partial charge in [-0.15, -0.1) is 12.4 Å². The molecule has 0 aromatic heterocycles. The van der Waals surface area contributed by atoms with Gasteiger partial charge < -0.3 is 15.1 Å². The van der Waals surface area contributed by atoms with Gasteiger partial charge in [0, 0.05) is 32.2 Å². The molecular formula is C17H26ClN3. The van der Waals surface area contributed by atoms with E-state index in [9.17, 15) is 0 Å². The fourth-order valence-corrected chi connectivity index (χ4v) is 3.84. The fourth-order valence-electron chi connectivity index (χ4n) is 3.84. The van der Waals surface area contributed by atoms with Crippen molar-refractivity contribution in [3.05, 3.63) is 24.3 Å². The third-order valence-corrected chi connectivity index (χ3v) is 5.16. The number of nitrogens with zero attached hydrogens (tertiary/aromatic N) is 2. The highest BCUT2D eigenvalue weighted by molar-refractivity contribution is 5.85. The summed E-state index contributed by atoms with van der Waals surface area (Å²) in [4.78, 5) is 5.27. The Morgan fingerprint density at radius 1 is 1.19 bits per heavy atom. The predicted molar refractivity (Wildman–Crippen MR) is 91.9 cm³/mol. The van der Waals surface area contributed by atoms with E-state index in [1.807, 2.05) is 0 Å². The molecule has 1 aromatic rings. The van der Waals surface area contributed by atoms with Gasteiger partial charge in [0.25, 0.3) is 0 Å². The number of halogens is 1. The smallest absolute Gasteiger partial charge is 0.0607 e. The standard InChI is InChI=1S/C17H25N3.ClH/c1-17(8-9-18-12-17)13-19-10-11-20(14-6-7-14)16-5-3-2-4-15(16)19;/h2-5,14,18H,6-13H2,1H3;1H. The molecule has 2 aliphatic heterocycles. The second kappa shape index (κ2) is 5.69. The molecule has 2 fully saturated rings. The minimum atomic E-state index is 0. The number of hydrogen-bond acceptors (Lipinski definition) is 3. The summed E-state index contributed by atoms with van der Waals surface area (Å²) in [6, 6.07) is 9.83. The third kappa shape index (κ3) is 2.86. The topological polar surface area (TPSA) is 18.5 Å². The van der Waals surface area contributed by atoms with Crippen molar-refractivity contribution in [2.75, 3.05) is 42.5 Å². The summed E-state index contributed by atoms with van der Waals surface area (Å²) >= 11 is 0. The van der Waals surface area contributed by atoms with Gasteiger partial charge in [-0.25, -0.2) is 0 Å². The molecule has 3 nitrogen and oxygen atoms in total. The first-order valence-electron chi connectivity index (χ1n) is 8.07. The molecule has 2 heterocycles. The first-order valence-corrected chi connectivity index (χ1v) is 8.07. The molecule has 1 atom stereocenters. The zero-order valence-electron chi connectivity index (χ0n) is 12.8. The molecule has 1 aromatic carbocycles. The Kier molecular flexibility index (Phi) is 4.06. The highest BCUT2D eigenvalue weighted by Crippen LogP contribution is 2.41. The van der Waals surface area contributed by atoms with Gasteiger partial charge in [-0.1, -0.05) is 19.1 Å². The second-order valence-corrected chi connectivity index (χ2v) is 7.07. The van der Waals surface area contributed by atoms with Gasteiger partial charge in [-0.05, 0) is 43.4 Å². The van der Waals surface area contributed by atoms with E-state index in [2.05, 4.69) is 46.3 Å². The van der Waals surface area contributed by atoms with E-state index in [-0.39, 0.29) is 12.4 Å². The molecule has 1 N–H and O–H groups in total. The first-order chi connectivity index (χ1) is 9.75. The van der Waals surface area contributed by atoms with Crippen LogP contribution in [0.5, 0.6) is 0 Å². The van der Waals surface area contributed by atoms with Crippen LogP contribution in [-0.4, -0.2) is 38.8 Å². The van der Waals surface area contributed by atoms with Crippen LogP contribution in [0.15, 0.2) is 24.3 Å². The average Bonchev–Trinajstić information content (AvgIpc) is 3.22. The van der Waals surface area contributed by atoms with Crippen LogP contribution >= 0.6 is 12.4 Å². The molecular weight excluding hydrogens is 282 g/mol. The lowest BCUT2D eigenvalue weighted by molar-refractivity contribution is 0.363. The van der Waals surface area contributed by atoms with Crippen molar-refractivity contribution in [3.8, 4) is 0 Å². The van der Waals surface area contributed by atoms with Crippen LogP contribution in [0.3, 0.4) is 0 Å². The summed E-state index contributed by atoms with van der Waals surface area (Å²) in [5.41, 5.74) is 3.36. The number of benzene rings is 1. The molecule has 1 unspecified atom stereocenters. The number of fused-ring (bicyclic) bond motifs is 1. The number of para-hydroxylation sites is 2. The number of nitrogens with one attached hydrogen (secondary N) is 1. The van der Waals surface area contributed by atoms with Crippen LogP contribution in [0.2, 0.25) is 0 Å². The number of anilines is 2. The van der Waals surface area contributed by atoms with Crippen LogP contribution in [0.1, 0.15) is 26.2 Å². The van der Waals surface area contributed by atoms with E-state index in [0.717, 1.165) is 12.6 Å². The van der Waals surface area contributed by atoms with E-state index in [0.29, 0.717) is 5.41 Å². The minimum absolute atomic E-state index is 0. The quantitative estimate of drug-likeness (QED) is 0.926. The molecule has 4 rings (SSSR count). The Hall–Kier alpha value is -0.930. The third-order valence-electron chi connectivity index (χ3n) is 5.16. The molecule has 3 aliphatic rings. The lowest BCUT2D eigenvalue weighted by atomic mass is 9.88. The summed E-state index contributed by atoms with van der Waals surface area (Å²) in [7, 11) is 0. The Morgan fingerprint density at radius 3 is 2.62 bits per heavy atom. The lowest BCUT2D eigenvalue weighted by Crippen LogP contribution is -2.46. The molecule has 1 saturated heterocycles. The van der Waals surface area contributed by atoms with Gasteiger partial charge in [-0.3, -0.25) is 0 Å². The van der Waals surface area contributed by atoms with Crippen LogP contribution in [0.4, 0.5) is 11.4 Å². The van der Waals surface area contributed by atoms with Crippen molar-refractivity contribution >= 4 is 23.8 Å². The monoisotopic (exact) mass is 307 g/mol. The Balaban J connectivity index is 0.00000132. The molecule has 4 heteroatoms. The molecule has 0 bridgehead atoms. The van der Waals surface area contributed by atoms with Crippen LogP contribution in [0, 0.1) is 5.41 Å². The lowest BCUT2D eigenvalue weighted by Gasteiger charge is -2.42. The van der Waals surface area contributed by atoms with Crippen molar-refractivity contribution in [1.29, 1.82) is 0 Å². The minimum Gasteiger partial charge on any atom is -0.367 e. The zero-order valence-corrected chi connectivity index (χ0v) is 13.7. The highest BCUT2D eigenvalue weighted by atomic mass is 35.5. The van der Waals surface area contributed by atoms with Crippen molar-refractivity contribution < 1.29 is 0 Å². The van der Waals surface area contributed by atoms with Crippen LogP contribution in [-0.2, 0) is 0 Å². The predicted octanol–water partition coefficient (Wildman–Crippen LogP) is 2.90. The van der Waals surface area contributed by atoms with E-state index in [1.54, 1.807) is 0 Å². The fraction of sp³-hybridized carbons (Fsp3) is 0.647. The SMILES string of the molecule is CC1(CN2CCN(C3CC3)c3ccccc32)CCNC1.Cl. The summed E-state index contributed by atoms with van der Waals surface area (Å²) in [6.07, 6.45) is 4.07. The van der Waals surface area contributed by atoms with Crippen molar-refractivity contribution in [1.82, 2.24) is 5.32 Å². The normalized spacial score (nSPS) is 28.2. The van der Waals surface area contributed by atoms with Gasteiger partial charge in [0.05, 0.1) is 11.4 Å².